The number of thioether (sulfide) groups is 1. The van der Waals surface area contributed by atoms with Crippen molar-refractivity contribution in [3.63, 3.8) is 0 Å². The molecule has 1 rings (SSSR count). The van der Waals surface area contributed by atoms with Crippen LogP contribution in [0.5, 0.6) is 0 Å². The Morgan fingerprint density at radius 1 is 0.816 bits per heavy atom. The number of aliphatic carboxylic acids is 2. The molecule has 0 aliphatic rings. The first-order valence-corrected chi connectivity index (χ1v) is 13.3. The Balaban J connectivity index is 3.10. The quantitative estimate of drug-likeness (QED) is 0.117. The summed E-state index contributed by atoms with van der Waals surface area (Å²) in [5.74, 6) is -5.11. The van der Waals surface area contributed by atoms with E-state index in [2.05, 4.69) is 16.0 Å². The lowest BCUT2D eigenvalue weighted by molar-refractivity contribution is -0.143. The third kappa shape index (κ3) is 12.5. The highest BCUT2D eigenvalue weighted by Crippen LogP contribution is 2.08. The fraction of sp³-hybridized carbons (Fsp3) is 0.500. The van der Waals surface area contributed by atoms with E-state index in [1.165, 1.54) is 11.8 Å². The average molecular weight is 554 g/mol. The molecule has 0 radical (unpaired) electrons. The van der Waals surface area contributed by atoms with Gasteiger partial charge in [-0.15, -0.1) is 0 Å². The number of nitrogens with two attached hydrogens (primary N) is 2. The highest BCUT2D eigenvalue weighted by molar-refractivity contribution is 7.98. The van der Waals surface area contributed by atoms with Crippen LogP contribution in [0, 0.1) is 0 Å². The topological polar surface area (TPSA) is 231 Å². The molecule has 4 amide bonds. The highest BCUT2D eigenvalue weighted by Gasteiger charge is 2.31. The third-order valence-electron chi connectivity index (χ3n) is 5.46. The predicted octanol–water partition coefficient (Wildman–Crippen LogP) is -1.02. The Morgan fingerprint density at radius 2 is 1.37 bits per heavy atom. The SMILES string of the molecule is CSCCC(N)C(=O)NC(Cc1ccccc1)C(=O)NC(CCC(N)=O)C(=O)NC(CCC(=O)O)C(=O)O. The van der Waals surface area contributed by atoms with E-state index in [-0.39, 0.29) is 19.3 Å². The number of nitrogens with one attached hydrogen (secondary N) is 3. The summed E-state index contributed by atoms with van der Waals surface area (Å²) in [6.07, 6.45) is 0.838. The first-order chi connectivity index (χ1) is 17.9. The van der Waals surface area contributed by atoms with Gasteiger partial charge in [0.2, 0.25) is 23.6 Å². The van der Waals surface area contributed by atoms with E-state index in [0.717, 1.165) is 0 Å². The van der Waals surface area contributed by atoms with Crippen molar-refractivity contribution < 1.29 is 39.0 Å². The molecular formula is C24H35N5O8S. The molecular weight excluding hydrogens is 518 g/mol. The summed E-state index contributed by atoms with van der Waals surface area (Å²) in [5, 5.41) is 25.4. The minimum absolute atomic E-state index is 0.0637. The summed E-state index contributed by atoms with van der Waals surface area (Å²) in [7, 11) is 0. The van der Waals surface area contributed by atoms with Gasteiger partial charge in [-0.05, 0) is 36.8 Å². The molecule has 1 aromatic rings. The maximum absolute atomic E-state index is 13.3. The number of hydrogen-bond donors (Lipinski definition) is 7. The standard InChI is InChI=1S/C24H35N5O8S/c1-38-12-11-15(25)21(33)29-18(13-14-5-3-2-4-6-14)23(35)27-16(7-9-19(26)30)22(34)28-17(24(36)37)8-10-20(31)32/h2-6,15-18H,7-13,25H2,1H3,(H2,26,30)(H,27,35)(H,28,34)(H,29,33)(H,31,32)(H,36,37). The van der Waals surface area contributed by atoms with E-state index < -0.39 is 72.6 Å². The van der Waals surface area contributed by atoms with E-state index in [0.29, 0.717) is 17.7 Å². The second kappa shape index (κ2) is 17.0. The van der Waals surface area contributed by atoms with Gasteiger partial charge in [0.05, 0.1) is 6.04 Å². The number of rotatable bonds is 18. The largest absolute Gasteiger partial charge is 0.481 e. The summed E-state index contributed by atoms with van der Waals surface area (Å²) in [6, 6.07) is 3.84. The average Bonchev–Trinajstić information content (AvgIpc) is 2.86. The number of benzene rings is 1. The molecule has 0 spiro atoms. The van der Waals surface area contributed by atoms with Crippen LogP contribution in [-0.4, -0.2) is 82.0 Å². The molecule has 0 bridgehead atoms. The van der Waals surface area contributed by atoms with Gasteiger partial charge in [-0.2, -0.15) is 11.8 Å². The zero-order valence-corrected chi connectivity index (χ0v) is 21.9. The van der Waals surface area contributed by atoms with Crippen LogP contribution in [0.2, 0.25) is 0 Å². The first-order valence-electron chi connectivity index (χ1n) is 11.9. The second-order valence-corrected chi connectivity index (χ2v) is 9.52. The van der Waals surface area contributed by atoms with Gasteiger partial charge in [-0.25, -0.2) is 4.79 Å². The van der Waals surface area contributed by atoms with Gasteiger partial charge in [0.25, 0.3) is 0 Å². The van der Waals surface area contributed by atoms with E-state index in [9.17, 15) is 33.9 Å². The van der Waals surface area contributed by atoms with E-state index in [1.807, 2.05) is 6.26 Å². The van der Waals surface area contributed by atoms with Crippen molar-refractivity contribution >= 4 is 47.3 Å². The fourth-order valence-corrected chi connectivity index (χ4v) is 3.83. The zero-order valence-electron chi connectivity index (χ0n) is 21.1. The van der Waals surface area contributed by atoms with Gasteiger partial charge in [-0.1, -0.05) is 30.3 Å². The molecule has 13 nitrogen and oxygen atoms in total. The lowest BCUT2D eigenvalue weighted by Crippen LogP contribution is -2.57. The monoisotopic (exact) mass is 553 g/mol. The summed E-state index contributed by atoms with van der Waals surface area (Å²) >= 11 is 1.51. The van der Waals surface area contributed by atoms with E-state index >= 15 is 0 Å². The minimum atomic E-state index is -1.54. The number of carbonyl (C=O) groups excluding carboxylic acids is 4. The molecule has 0 fully saturated rings. The van der Waals surface area contributed by atoms with Gasteiger partial charge in [0.1, 0.15) is 18.1 Å². The molecule has 38 heavy (non-hydrogen) atoms. The molecule has 0 aliphatic heterocycles. The van der Waals surface area contributed by atoms with Gasteiger partial charge in [0.15, 0.2) is 0 Å². The molecule has 0 aliphatic carbocycles. The minimum Gasteiger partial charge on any atom is -0.481 e. The maximum Gasteiger partial charge on any atom is 0.326 e. The Kier molecular flexibility index (Phi) is 14.5. The van der Waals surface area contributed by atoms with Gasteiger partial charge >= 0.3 is 11.9 Å². The summed E-state index contributed by atoms with van der Waals surface area (Å²) in [5.41, 5.74) is 11.8. The van der Waals surface area contributed by atoms with E-state index in [4.69, 9.17) is 16.6 Å². The molecule has 0 heterocycles. The van der Waals surface area contributed by atoms with Crippen LogP contribution in [-0.2, 0) is 35.2 Å². The molecule has 0 saturated carbocycles. The van der Waals surface area contributed by atoms with Crippen molar-refractivity contribution in [3.05, 3.63) is 35.9 Å². The molecule has 0 saturated heterocycles. The Hall–Kier alpha value is -3.65. The molecule has 14 heteroatoms. The highest BCUT2D eigenvalue weighted by atomic mass is 32.2. The number of carboxylic acids is 2. The Morgan fingerprint density at radius 3 is 1.92 bits per heavy atom. The first kappa shape index (κ1) is 32.4. The van der Waals surface area contributed by atoms with Crippen molar-refractivity contribution in [3.8, 4) is 0 Å². The summed E-state index contributed by atoms with van der Waals surface area (Å²) in [6.45, 7) is 0. The number of amides is 4. The van der Waals surface area contributed by atoms with Crippen LogP contribution in [0.15, 0.2) is 30.3 Å². The molecule has 210 valence electrons. The maximum atomic E-state index is 13.3. The smallest absolute Gasteiger partial charge is 0.326 e. The van der Waals surface area contributed by atoms with Crippen LogP contribution < -0.4 is 27.4 Å². The lowest BCUT2D eigenvalue weighted by Gasteiger charge is -2.25. The molecule has 4 unspecified atom stereocenters. The Bertz CT molecular complexity index is 978. The van der Waals surface area contributed by atoms with E-state index in [1.54, 1.807) is 30.3 Å². The lowest BCUT2D eigenvalue weighted by atomic mass is 10.0. The van der Waals surface area contributed by atoms with Gasteiger partial charge < -0.3 is 37.6 Å². The second-order valence-electron chi connectivity index (χ2n) is 8.54. The normalized spacial score (nSPS) is 13.8. The van der Waals surface area contributed by atoms with Crippen molar-refractivity contribution in [2.45, 2.75) is 62.7 Å². The van der Waals surface area contributed by atoms with Crippen LogP contribution in [0.4, 0.5) is 0 Å². The van der Waals surface area contributed by atoms with Crippen LogP contribution >= 0.6 is 11.8 Å². The van der Waals surface area contributed by atoms with Crippen molar-refractivity contribution in [2.24, 2.45) is 11.5 Å². The summed E-state index contributed by atoms with van der Waals surface area (Å²) in [4.78, 5) is 72.5. The number of hydrogen-bond acceptors (Lipinski definition) is 8. The van der Waals surface area contributed by atoms with Crippen molar-refractivity contribution in [2.75, 3.05) is 12.0 Å². The third-order valence-corrected chi connectivity index (χ3v) is 6.10. The van der Waals surface area contributed by atoms with Crippen LogP contribution in [0.1, 0.15) is 37.7 Å². The van der Waals surface area contributed by atoms with Crippen molar-refractivity contribution in [1.82, 2.24) is 16.0 Å². The number of primary amides is 1. The molecule has 0 aromatic heterocycles. The van der Waals surface area contributed by atoms with Gasteiger partial charge in [-0.3, -0.25) is 24.0 Å². The van der Waals surface area contributed by atoms with Crippen LogP contribution in [0.3, 0.4) is 0 Å². The number of carboxylic acid groups (broad SMARTS) is 2. The van der Waals surface area contributed by atoms with Crippen molar-refractivity contribution in [1.29, 1.82) is 0 Å². The Labute approximate surface area is 224 Å². The predicted molar refractivity (Wildman–Crippen MR) is 140 cm³/mol. The molecule has 4 atom stereocenters. The summed E-state index contributed by atoms with van der Waals surface area (Å²) < 4.78 is 0. The molecule has 1 aromatic carbocycles. The van der Waals surface area contributed by atoms with Crippen LogP contribution in [0.25, 0.3) is 0 Å². The zero-order chi connectivity index (χ0) is 28.7. The number of carbonyl (C=O) groups is 6. The van der Waals surface area contributed by atoms with Gasteiger partial charge in [0, 0.05) is 19.3 Å². The fourth-order valence-electron chi connectivity index (χ4n) is 3.34. The molecule has 9 N–H and O–H groups in total.